The average molecular weight is 2200 g/mol. The molecule has 0 bridgehead atoms. The van der Waals surface area contributed by atoms with Crippen molar-refractivity contribution in [2.24, 2.45) is 0 Å². The van der Waals surface area contributed by atoms with Crippen molar-refractivity contribution in [1.29, 1.82) is 0 Å². The van der Waals surface area contributed by atoms with Gasteiger partial charge in [0.2, 0.25) is 28.8 Å². The van der Waals surface area contributed by atoms with Gasteiger partial charge in [0.1, 0.15) is 41.3 Å². The van der Waals surface area contributed by atoms with Crippen LogP contribution in [0.5, 0.6) is 51.7 Å². The number of hydrogen-bond acceptors (Lipinski definition) is 27. The number of aromatic hydroxyl groups is 1. The fourth-order valence-electron chi connectivity index (χ4n) is 12.0. The van der Waals surface area contributed by atoms with Crippen molar-refractivity contribution in [3.63, 3.8) is 0 Å². The molecule has 10 aromatic carbocycles. The monoisotopic (exact) mass is 2200 g/mol. The van der Waals surface area contributed by atoms with E-state index in [0.29, 0.717) is 98.4 Å². The first-order chi connectivity index (χ1) is 68.0. The number of carbonyl (C=O) groups excluding carboxylic acids is 7. The highest BCUT2D eigenvalue weighted by Crippen LogP contribution is 2.63. The summed E-state index contributed by atoms with van der Waals surface area (Å²) in [5.41, 5.74) is 2.55. The fourth-order valence-corrected chi connectivity index (χ4v) is 17.5. The van der Waals surface area contributed by atoms with Gasteiger partial charge < -0.3 is 58.2 Å². The van der Waals surface area contributed by atoms with E-state index >= 15 is 0 Å². The van der Waals surface area contributed by atoms with Crippen molar-refractivity contribution in [2.45, 2.75) is 70.9 Å². The maximum atomic E-state index is 13.3. The van der Waals surface area contributed by atoms with E-state index in [2.05, 4.69) is 36.9 Å². The number of amides is 5. The van der Waals surface area contributed by atoms with Crippen molar-refractivity contribution in [3.8, 4) is 51.7 Å². The third kappa shape index (κ3) is 37.0. The summed E-state index contributed by atoms with van der Waals surface area (Å²) in [5.74, 6) is -4.65. The Bertz CT molecular complexity index is 6360. The van der Waals surface area contributed by atoms with Gasteiger partial charge in [-0.15, -0.1) is 0 Å². The predicted molar refractivity (Wildman–Crippen MR) is 543 cm³/mol. The molecular weight excluding hydrogens is 2090 g/mol. The highest BCUT2D eigenvalue weighted by atomic mass is 79.9. The SMILES string of the molecule is CC(O)c1ccc([N+](=O)[O-])c(Oc2cccc(C(=O)N(C)C)c2)c1.CC(OP(=O)(CCCBr)NCCBr)c1ccc([N+](=O)[O-])c(Oc2cccc(C(=O)N(C)C)c2)c1.CC(OP(=O)(N1CC1)N1CC1)c1ccc([N+](=O)[O-])c(Oc2cccc(C(=O)N(C)C)c2)c1.CN(C)C(=O)c1cccc(O)c1.CN(C)C(=O)c1cccc(Oc2cc(C=O)ccc2[N+](=O)[O-])c1.C[Si](C)(C)C(F)(F)F.O=Cc1ccc([N+](=O)[O-])c(F)c1. The Morgan fingerprint density at radius 2 is 0.731 bits per heavy atom. The highest BCUT2D eigenvalue weighted by molar-refractivity contribution is 9.09. The first-order valence-electron chi connectivity index (χ1n) is 43.7. The maximum absolute atomic E-state index is 13.3. The van der Waals surface area contributed by atoms with Crippen LogP contribution in [-0.4, -0.2) is 245 Å². The molecule has 145 heavy (non-hydrogen) atoms. The van der Waals surface area contributed by atoms with Gasteiger partial charge in [-0.05, 0) is 196 Å². The van der Waals surface area contributed by atoms with E-state index in [1.165, 1.54) is 147 Å². The molecule has 0 spiro atoms. The summed E-state index contributed by atoms with van der Waals surface area (Å²) < 4.78 is 112. The Hall–Kier alpha value is -14.0. The number of hydrogen-bond donors (Lipinski definition) is 3. The van der Waals surface area contributed by atoms with E-state index in [-0.39, 0.29) is 104 Å². The van der Waals surface area contributed by atoms with Gasteiger partial charge in [0.25, 0.3) is 37.1 Å². The molecule has 4 unspecified atom stereocenters. The molecule has 0 radical (unpaired) electrons. The highest BCUT2D eigenvalue weighted by Gasteiger charge is 2.50. The smallest absolute Gasteiger partial charge is 0.360 e. The van der Waals surface area contributed by atoms with Crippen molar-refractivity contribution in [1.82, 2.24) is 38.9 Å². The first-order valence-corrected chi connectivity index (χ1v) is 52.7. The number of benzene rings is 10. The molecule has 2 fully saturated rings. The van der Waals surface area contributed by atoms with E-state index < -0.39 is 83.5 Å². The van der Waals surface area contributed by atoms with Crippen LogP contribution < -0.4 is 24.0 Å². The largest absolute Gasteiger partial charge is 0.508 e. The summed E-state index contributed by atoms with van der Waals surface area (Å²) in [5, 5.41) is 78.5. The van der Waals surface area contributed by atoms with Crippen LogP contribution in [0.25, 0.3) is 0 Å². The first kappa shape index (κ1) is 120. The van der Waals surface area contributed by atoms with Crippen molar-refractivity contribution in [2.75, 3.05) is 120 Å². The van der Waals surface area contributed by atoms with Gasteiger partial charge in [0.15, 0.2) is 8.07 Å². The van der Waals surface area contributed by atoms with Crippen LogP contribution in [0.2, 0.25) is 19.6 Å². The molecule has 40 nitrogen and oxygen atoms in total. The van der Waals surface area contributed by atoms with Gasteiger partial charge in [0, 0.05) is 189 Å². The third-order valence-electron chi connectivity index (χ3n) is 20.0. The second-order valence-corrected chi connectivity index (χ2v) is 44.9. The van der Waals surface area contributed by atoms with Crippen LogP contribution in [0.15, 0.2) is 212 Å². The van der Waals surface area contributed by atoms with Crippen LogP contribution in [0.3, 0.4) is 0 Å². The lowest BCUT2D eigenvalue weighted by atomic mass is 10.1. The Morgan fingerprint density at radius 3 is 1.01 bits per heavy atom. The van der Waals surface area contributed by atoms with Crippen molar-refractivity contribution < 1.29 is 123 Å². The van der Waals surface area contributed by atoms with Gasteiger partial charge in [-0.3, -0.25) is 97.8 Å². The molecule has 0 saturated carbocycles. The van der Waals surface area contributed by atoms with E-state index in [9.17, 15) is 116 Å². The lowest BCUT2D eigenvalue weighted by Crippen LogP contribution is -2.40. The summed E-state index contributed by atoms with van der Waals surface area (Å²) >= 11 is 6.66. The molecule has 0 aliphatic carbocycles. The number of phenols is 1. The number of nitrogens with zero attached hydrogens (tertiary/aromatic N) is 12. The summed E-state index contributed by atoms with van der Waals surface area (Å²) in [6.07, 6.45) is 0.0413. The lowest BCUT2D eigenvalue weighted by molar-refractivity contribution is -0.387. The molecule has 49 heteroatoms. The van der Waals surface area contributed by atoms with Crippen LogP contribution in [0.4, 0.5) is 46.0 Å². The lowest BCUT2D eigenvalue weighted by Gasteiger charge is -2.24. The second kappa shape index (κ2) is 55.2. The Morgan fingerprint density at radius 1 is 0.441 bits per heavy atom. The maximum Gasteiger partial charge on any atom is 0.360 e. The van der Waals surface area contributed by atoms with E-state index in [4.69, 9.17) is 33.1 Å². The third-order valence-corrected chi connectivity index (χ3v) is 27.8. The molecule has 4 atom stereocenters. The summed E-state index contributed by atoms with van der Waals surface area (Å²) in [7, 11) is 7.34. The van der Waals surface area contributed by atoms with E-state index in [1.54, 1.807) is 188 Å². The molecule has 12 rings (SSSR count). The molecule has 2 aliphatic rings. The number of ether oxygens (including phenoxy) is 4. The number of halogens is 6. The molecule has 10 aromatic rings. The molecular formula is C96H109Br2F4N13O27P2Si. The minimum absolute atomic E-state index is 0.00360. The number of phenolic OH excluding ortho intramolecular Hbond substituents is 1. The van der Waals surface area contributed by atoms with Crippen LogP contribution in [0.1, 0.15) is 135 Å². The summed E-state index contributed by atoms with van der Waals surface area (Å²) in [6.45, 7) is 12.3. The number of alkyl halides is 5. The molecule has 2 heterocycles. The molecule has 2 aliphatic heterocycles. The number of aldehydes is 2. The minimum atomic E-state index is -3.92. The number of carbonyl (C=O) groups is 7. The van der Waals surface area contributed by atoms with Gasteiger partial charge in [0.05, 0.1) is 42.9 Å². The van der Waals surface area contributed by atoms with E-state index in [0.717, 1.165) is 38.3 Å². The number of nitrogens with one attached hydrogen (secondary N) is 1. The van der Waals surface area contributed by atoms with Gasteiger partial charge in [-0.25, -0.2) is 14.4 Å². The topological polar surface area (TPSA) is 499 Å². The Balaban J connectivity index is 0.000000270. The summed E-state index contributed by atoms with van der Waals surface area (Å²) in [6, 6.07) is 51.7. The van der Waals surface area contributed by atoms with Gasteiger partial charge in [-0.1, -0.05) is 81.8 Å². The number of aliphatic hydroxyl groups excluding tert-OH is 1. The van der Waals surface area contributed by atoms with Gasteiger partial charge >= 0.3 is 41.9 Å². The molecule has 0 aromatic heterocycles. The van der Waals surface area contributed by atoms with Crippen molar-refractivity contribution in [3.05, 3.63) is 324 Å². The number of aliphatic hydroxyl groups is 1. The second-order valence-electron chi connectivity index (χ2n) is 33.6. The molecule has 3 N–H and O–H groups in total. The molecule has 776 valence electrons. The quantitative estimate of drug-likeness (QED) is 0.00485. The van der Waals surface area contributed by atoms with Gasteiger partial charge in [-0.2, -0.15) is 17.6 Å². The molecule has 2 saturated heterocycles. The Kier molecular flexibility index (Phi) is 45.6. The zero-order valence-corrected chi connectivity index (χ0v) is 87.5. The predicted octanol–water partition coefficient (Wildman–Crippen LogP) is 21.1. The van der Waals surface area contributed by atoms with Crippen molar-refractivity contribution >= 4 is 126 Å². The minimum Gasteiger partial charge on any atom is -0.508 e. The van der Waals surface area contributed by atoms with Crippen LogP contribution >= 0.6 is 47.0 Å². The normalized spacial score (nSPS) is 12.8. The van der Waals surface area contributed by atoms with E-state index in [1.807, 2.05) is 9.34 Å². The zero-order valence-electron chi connectivity index (χ0n) is 81.6. The Labute approximate surface area is 849 Å². The van der Waals surface area contributed by atoms with Crippen LogP contribution in [0, 0.1) is 56.4 Å². The summed E-state index contributed by atoms with van der Waals surface area (Å²) in [4.78, 5) is 140. The standard InChI is InChI=1S/C22H28Br2N3O6P.C21H25N4O6P.C17H18N2O5.C16H14N2O5.C9H11NO2.C7H4FNO3.C4H9F3Si/c1-16(33-34(31,13-5-10-23)25-12-11-24)17-8-9-20(27(29)30)21(15-17)32-19-7-4-6-18(14-19)22(28)26(2)3;1-15(31-32(29,23-9-10-23)24-11-12-24)16-7-8-19(25(27)28)20(14-16)30-18-6-4-5-17(13-18)21(26)22(2)3;1-11(20)12-7-8-15(19(22)23)16(10-12)24-14-6-4-5-13(9-14)17(21)18(2)3;1-17(2)16(20)12-4-3-5-13(9-12)23-15-8-11(10-19)6-7-14(15)18(21)22;1-10(2)9(12)7-4-3-5-8(11)6-7;8-6-3-5(4-10)1-2-7(6)9(11)12;1-8(2,3)4(5,6)7/h4,6-9,14-16H,5,10-13H2,1-3H3,(H,25,31);4-8,13-15H,9-12H2,1-3H3;4-11,20H,1-3H3;3-10H,1-2H3;3-6,11H,1-2H3;1-4H;1-3H3. The number of rotatable bonds is 35. The van der Waals surface area contributed by atoms with Crippen LogP contribution in [-0.2, 0) is 18.2 Å². The average Bonchev–Trinajstić information content (AvgIpc) is 1.60. The molecule has 5 amide bonds. The fraction of sp³-hybridized carbons (Fsp3) is 0.302. The number of nitro benzene ring substituents is 5. The zero-order chi connectivity index (χ0) is 108. The number of nitro groups is 5.